The summed E-state index contributed by atoms with van der Waals surface area (Å²) in [5, 5.41) is 19.7. The zero-order valence-corrected chi connectivity index (χ0v) is 25.7. The van der Waals surface area contributed by atoms with E-state index in [0.29, 0.717) is 30.0 Å². The monoisotopic (exact) mass is 615 g/mol. The van der Waals surface area contributed by atoms with E-state index in [1.807, 2.05) is 36.0 Å². The van der Waals surface area contributed by atoms with E-state index < -0.39 is 17.3 Å². The van der Waals surface area contributed by atoms with Crippen LogP contribution in [0.1, 0.15) is 56.8 Å². The lowest BCUT2D eigenvalue weighted by molar-refractivity contribution is 0.0544. The smallest absolute Gasteiger partial charge is 0.256 e. The van der Waals surface area contributed by atoms with E-state index in [2.05, 4.69) is 45.8 Å². The van der Waals surface area contributed by atoms with Gasteiger partial charge >= 0.3 is 0 Å². The number of hydrogen-bond acceptors (Lipinski definition) is 6. The maximum atomic E-state index is 14.5. The van der Waals surface area contributed by atoms with Gasteiger partial charge in [-0.3, -0.25) is 9.89 Å². The summed E-state index contributed by atoms with van der Waals surface area (Å²) in [6.45, 7) is 6.87. The van der Waals surface area contributed by atoms with Gasteiger partial charge in [-0.25, -0.2) is 13.9 Å². The Morgan fingerprint density at radius 2 is 2.09 bits per heavy atom. The molecule has 228 valence electrons. The first kappa shape index (κ1) is 28.6. The van der Waals surface area contributed by atoms with Crippen molar-refractivity contribution in [3.63, 3.8) is 0 Å². The highest BCUT2D eigenvalue weighted by atomic mass is 35.5. The van der Waals surface area contributed by atoms with Gasteiger partial charge in [0.2, 0.25) is 0 Å². The van der Waals surface area contributed by atoms with Crippen LogP contribution in [0.2, 0.25) is 5.02 Å². The van der Waals surface area contributed by atoms with Gasteiger partial charge in [-0.15, -0.1) is 5.10 Å². The Morgan fingerprint density at radius 1 is 1.23 bits per heavy atom. The largest absolute Gasteiger partial charge is 0.492 e. The van der Waals surface area contributed by atoms with Crippen molar-refractivity contribution in [1.82, 2.24) is 30.1 Å². The van der Waals surface area contributed by atoms with E-state index in [-0.39, 0.29) is 16.6 Å². The second-order valence-electron chi connectivity index (χ2n) is 12.6. The molecule has 2 aliphatic rings. The van der Waals surface area contributed by atoms with Crippen molar-refractivity contribution in [2.45, 2.75) is 58.0 Å². The highest BCUT2D eigenvalue weighted by Crippen LogP contribution is 2.47. The molecule has 0 aliphatic heterocycles. The predicted molar refractivity (Wildman–Crippen MR) is 169 cm³/mol. The molecule has 0 radical (unpaired) electrons. The van der Waals surface area contributed by atoms with Gasteiger partial charge < -0.3 is 15.4 Å². The van der Waals surface area contributed by atoms with Crippen LogP contribution < -0.4 is 15.4 Å². The van der Waals surface area contributed by atoms with Crippen molar-refractivity contribution in [3.05, 3.63) is 71.4 Å². The number of aromatic nitrogens is 5. The number of halogens is 2. The molecule has 5 unspecified atom stereocenters. The summed E-state index contributed by atoms with van der Waals surface area (Å²) in [6, 6.07) is 10.6. The Kier molecular flexibility index (Phi) is 7.19. The highest BCUT2D eigenvalue weighted by molar-refractivity contribution is 6.33. The molecule has 4 aromatic heterocycles. The maximum absolute atomic E-state index is 14.5. The van der Waals surface area contributed by atoms with Crippen LogP contribution >= 0.6 is 11.6 Å². The molecular weight excluding hydrogens is 581 g/mol. The molecule has 9 nitrogen and oxygen atoms in total. The first-order valence-corrected chi connectivity index (χ1v) is 15.6. The van der Waals surface area contributed by atoms with E-state index >= 15 is 0 Å². The van der Waals surface area contributed by atoms with Crippen molar-refractivity contribution in [2.24, 2.45) is 17.8 Å². The summed E-state index contributed by atoms with van der Waals surface area (Å²) in [6.07, 6.45) is 9.31. The number of hydrogen-bond donors (Lipinski definition) is 3. The minimum Gasteiger partial charge on any atom is -0.492 e. The molecule has 1 amide bonds. The minimum atomic E-state index is -0.606. The third kappa shape index (κ3) is 5.15. The number of rotatable bonds is 7. The number of anilines is 1. The van der Waals surface area contributed by atoms with Crippen molar-refractivity contribution in [3.8, 4) is 16.9 Å². The summed E-state index contributed by atoms with van der Waals surface area (Å²) in [7, 11) is 0. The average Bonchev–Trinajstić information content (AvgIpc) is 3.56. The van der Waals surface area contributed by atoms with Gasteiger partial charge in [0.1, 0.15) is 17.4 Å². The normalized spacial score (nSPS) is 24.8. The lowest BCUT2D eigenvalue weighted by Crippen LogP contribution is -2.56. The zero-order chi connectivity index (χ0) is 30.6. The molecule has 5 aromatic rings. The topological polar surface area (TPSA) is 109 Å². The Morgan fingerprint density at radius 3 is 2.86 bits per heavy atom. The fourth-order valence-electron chi connectivity index (χ4n) is 7.71. The molecule has 3 N–H and O–H groups in total. The Labute approximate surface area is 259 Å². The van der Waals surface area contributed by atoms with Crippen LogP contribution in [-0.4, -0.2) is 48.9 Å². The number of carbonyl (C=O) groups is 1. The van der Waals surface area contributed by atoms with Crippen LogP contribution in [0, 0.1) is 23.6 Å². The van der Waals surface area contributed by atoms with Crippen LogP contribution in [0.15, 0.2) is 55.0 Å². The number of fused-ring (bicyclic) bond motifs is 5. The molecular formula is C33H35ClFN7O2. The van der Waals surface area contributed by atoms with Crippen LogP contribution in [0.5, 0.6) is 5.75 Å². The first-order valence-electron chi connectivity index (χ1n) is 15.2. The van der Waals surface area contributed by atoms with Crippen molar-refractivity contribution >= 4 is 39.9 Å². The van der Waals surface area contributed by atoms with Crippen LogP contribution in [0.3, 0.4) is 0 Å². The summed E-state index contributed by atoms with van der Waals surface area (Å²) >= 11 is 6.20. The fraction of sp³-hybridized carbons (Fsp3) is 0.394. The summed E-state index contributed by atoms with van der Waals surface area (Å²) in [5.74, 6) is 1.70. The van der Waals surface area contributed by atoms with Crippen molar-refractivity contribution < 1.29 is 13.9 Å². The second kappa shape index (κ2) is 11.1. The predicted octanol–water partition coefficient (Wildman–Crippen LogP) is 6.89. The number of nitrogens with one attached hydrogen (secondary N) is 3. The zero-order valence-electron chi connectivity index (χ0n) is 24.9. The Hall–Kier alpha value is -4.18. The summed E-state index contributed by atoms with van der Waals surface area (Å²) < 4.78 is 22.2. The van der Waals surface area contributed by atoms with Crippen LogP contribution in [-0.2, 0) is 0 Å². The number of carbonyl (C=O) groups excluding carboxylic acids is 1. The van der Waals surface area contributed by atoms with Crippen molar-refractivity contribution in [2.75, 3.05) is 11.9 Å². The van der Waals surface area contributed by atoms with E-state index in [1.54, 1.807) is 12.3 Å². The molecule has 11 heteroatoms. The molecule has 1 aromatic carbocycles. The van der Waals surface area contributed by atoms with Gasteiger partial charge in [-0.2, -0.15) is 5.10 Å². The van der Waals surface area contributed by atoms with Gasteiger partial charge in [-0.1, -0.05) is 24.6 Å². The fourth-order valence-corrected chi connectivity index (χ4v) is 7.96. The van der Waals surface area contributed by atoms with Crippen LogP contribution in [0.4, 0.5) is 10.2 Å². The highest BCUT2D eigenvalue weighted by Gasteiger charge is 2.46. The molecule has 2 fully saturated rings. The lowest BCUT2D eigenvalue weighted by atomic mass is 9.60. The van der Waals surface area contributed by atoms with E-state index in [1.165, 1.54) is 12.1 Å². The molecule has 44 heavy (non-hydrogen) atoms. The van der Waals surface area contributed by atoms with E-state index in [9.17, 15) is 9.18 Å². The maximum Gasteiger partial charge on any atom is 0.256 e. The van der Waals surface area contributed by atoms with Crippen LogP contribution in [0.25, 0.3) is 27.7 Å². The molecule has 2 bridgehead atoms. The standard InChI is InChI=1S/C33H35ClFN7O2/c1-4-44-22-12-23(30-24-16-37-40-31(24)41-42(30)17-22)20-8-9-27(36-15-20)38-29-18(2)10-19-11-21(29)14-33(3,13-19)39-32(43)28-25(34)6-5-7-26(28)35/h5-9,12,15-19,21,29H,4,10-11,13-14H2,1-3H3,(H,36,38)(H,39,43)(H,40,41). The Balaban J connectivity index is 1.12. The lowest BCUT2D eigenvalue weighted by Gasteiger charge is -2.51. The quantitative estimate of drug-likeness (QED) is 0.184. The van der Waals surface area contributed by atoms with Gasteiger partial charge in [0.15, 0.2) is 5.65 Å². The van der Waals surface area contributed by atoms with E-state index in [0.717, 1.165) is 59.3 Å². The number of H-pyrrole nitrogens is 1. The minimum absolute atomic E-state index is 0.0908. The van der Waals surface area contributed by atoms with E-state index in [4.69, 9.17) is 21.3 Å². The number of aromatic amines is 1. The average molecular weight is 616 g/mol. The summed E-state index contributed by atoms with van der Waals surface area (Å²) in [4.78, 5) is 18.0. The number of ether oxygens (including phenoxy) is 1. The number of amides is 1. The van der Waals surface area contributed by atoms with Crippen molar-refractivity contribution in [1.29, 1.82) is 0 Å². The first-order chi connectivity index (χ1) is 21.2. The molecule has 7 rings (SSSR count). The molecule has 2 aliphatic carbocycles. The molecule has 0 spiro atoms. The summed E-state index contributed by atoms with van der Waals surface area (Å²) in [5.41, 5.74) is 3.00. The third-order valence-corrected chi connectivity index (χ3v) is 9.64. The number of benzene rings is 1. The molecule has 5 atom stereocenters. The molecule has 2 saturated carbocycles. The molecule has 4 heterocycles. The third-order valence-electron chi connectivity index (χ3n) is 9.32. The second-order valence-corrected chi connectivity index (χ2v) is 13.1. The SMILES string of the molecule is CCOc1cc(-c2ccc(NC3C(C)CC4CC3CC(C)(NC(=O)c3c(F)cccc3Cl)C4)nc2)c2c3cn[nH]c3nn2c1. The number of nitrogens with zero attached hydrogens (tertiary/aromatic N) is 4. The van der Waals surface area contributed by atoms with Gasteiger partial charge in [0.05, 0.1) is 40.5 Å². The van der Waals surface area contributed by atoms with Gasteiger partial charge in [0, 0.05) is 28.9 Å². The number of pyridine rings is 2. The Bertz CT molecular complexity index is 1830. The molecule has 0 saturated heterocycles. The van der Waals surface area contributed by atoms with Gasteiger partial charge in [-0.05, 0) is 87.6 Å². The van der Waals surface area contributed by atoms with Gasteiger partial charge in [0.25, 0.3) is 5.91 Å².